The van der Waals surface area contributed by atoms with Crippen LogP contribution in [0.1, 0.15) is 24.4 Å². The van der Waals surface area contributed by atoms with Crippen LogP contribution in [0.25, 0.3) is 0 Å². The van der Waals surface area contributed by atoms with Gasteiger partial charge in [-0.2, -0.15) is 13.2 Å². The van der Waals surface area contributed by atoms with E-state index in [2.05, 4.69) is 5.32 Å². The molecule has 0 bridgehead atoms. The molecule has 0 spiro atoms. The minimum absolute atomic E-state index is 0.0532. The number of hydrogen-bond acceptors (Lipinski definition) is 2. The summed E-state index contributed by atoms with van der Waals surface area (Å²) in [6.07, 6.45) is -4.25. The summed E-state index contributed by atoms with van der Waals surface area (Å²) in [4.78, 5) is 0. The number of ether oxygens (including phenoxy) is 1. The first-order valence-corrected chi connectivity index (χ1v) is 6.05. The van der Waals surface area contributed by atoms with Crippen LogP contribution in [0.2, 0.25) is 0 Å². The lowest BCUT2D eigenvalue weighted by atomic mass is 9.88. The van der Waals surface area contributed by atoms with Crippen molar-refractivity contribution in [1.82, 2.24) is 5.32 Å². The van der Waals surface area contributed by atoms with Crippen molar-refractivity contribution in [2.75, 3.05) is 13.7 Å². The van der Waals surface area contributed by atoms with Gasteiger partial charge in [0.2, 0.25) is 0 Å². The second-order valence-corrected chi connectivity index (χ2v) is 4.66. The number of rotatable bonds is 2. The van der Waals surface area contributed by atoms with Gasteiger partial charge in [0, 0.05) is 11.6 Å². The highest BCUT2D eigenvalue weighted by Gasteiger charge is 2.42. The molecule has 19 heavy (non-hydrogen) atoms. The van der Waals surface area contributed by atoms with Crippen LogP contribution in [0.5, 0.6) is 5.75 Å². The average molecular weight is 277 g/mol. The summed E-state index contributed by atoms with van der Waals surface area (Å²) >= 11 is 0. The van der Waals surface area contributed by atoms with Gasteiger partial charge >= 0.3 is 6.18 Å². The second kappa shape index (κ2) is 5.36. The first kappa shape index (κ1) is 14.1. The Kier molecular flexibility index (Phi) is 3.99. The third-order valence-corrected chi connectivity index (χ3v) is 3.43. The van der Waals surface area contributed by atoms with Crippen LogP contribution in [-0.4, -0.2) is 19.8 Å². The van der Waals surface area contributed by atoms with E-state index >= 15 is 0 Å². The van der Waals surface area contributed by atoms with Gasteiger partial charge < -0.3 is 10.1 Å². The molecule has 0 aromatic heterocycles. The molecule has 0 saturated carbocycles. The molecule has 1 N–H and O–H groups in total. The molecule has 2 rings (SSSR count). The standard InChI is InChI=1S/C13H15F4NO/c1-19-12-3-2-9(14)7-10(12)11-6-8(4-5-18-11)13(15,16)17/h2-3,7-8,11,18H,4-6H2,1H3. The van der Waals surface area contributed by atoms with Crippen LogP contribution in [-0.2, 0) is 0 Å². The van der Waals surface area contributed by atoms with Crippen LogP contribution >= 0.6 is 0 Å². The van der Waals surface area contributed by atoms with Crippen LogP contribution in [0.3, 0.4) is 0 Å². The van der Waals surface area contributed by atoms with Crippen molar-refractivity contribution in [3.63, 3.8) is 0 Å². The molecule has 1 fully saturated rings. The van der Waals surface area contributed by atoms with Gasteiger partial charge in [-0.05, 0) is 37.6 Å². The highest BCUT2D eigenvalue weighted by Crippen LogP contribution is 2.40. The molecule has 1 saturated heterocycles. The largest absolute Gasteiger partial charge is 0.496 e. The van der Waals surface area contributed by atoms with E-state index in [1.165, 1.54) is 25.3 Å². The minimum atomic E-state index is -4.21. The Balaban J connectivity index is 2.24. The number of nitrogens with one attached hydrogen (secondary N) is 1. The molecule has 1 aromatic rings. The Labute approximate surface area is 108 Å². The zero-order chi connectivity index (χ0) is 14.0. The van der Waals surface area contributed by atoms with E-state index in [9.17, 15) is 17.6 Å². The Morgan fingerprint density at radius 1 is 1.32 bits per heavy atom. The summed E-state index contributed by atoms with van der Waals surface area (Å²) in [5.41, 5.74) is 0.441. The SMILES string of the molecule is COc1ccc(F)cc1C1CC(C(F)(F)F)CCN1. The molecule has 1 aliphatic rings. The molecular weight excluding hydrogens is 262 g/mol. The van der Waals surface area contributed by atoms with E-state index in [0.29, 0.717) is 11.3 Å². The zero-order valence-electron chi connectivity index (χ0n) is 10.4. The van der Waals surface area contributed by atoms with Crippen LogP contribution in [0, 0.1) is 11.7 Å². The van der Waals surface area contributed by atoms with Crippen molar-refractivity contribution < 1.29 is 22.3 Å². The summed E-state index contributed by atoms with van der Waals surface area (Å²) in [5.74, 6) is -1.43. The molecule has 2 atom stereocenters. The molecular formula is C13H15F4NO. The van der Waals surface area contributed by atoms with Gasteiger partial charge in [-0.25, -0.2) is 4.39 Å². The predicted molar refractivity (Wildman–Crippen MR) is 62.5 cm³/mol. The monoisotopic (exact) mass is 277 g/mol. The molecule has 0 radical (unpaired) electrons. The number of piperidine rings is 1. The molecule has 1 aliphatic heterocycles. The summed E-state index contributed by atoms with van der Waals surface area (Å²) in [5, 5.41) is 2.99. The van der Waals surface area contributed by atoms with Gasteiger partial charge in [0.1, 0.15) is 11.6 Å². The van der Waals surface area contributed by atoms with Crippen LogP contribution in [0.15, 0.2) is 18.2 Å². The predicted octanol–water partition coefficient (Wildman–Crippen LogP) is 3.44. The molecule has 1 heterocycles. The summed E-state index contributed by atoms with van der Waals surface area (Å²) in [6, 6.07) is 3.36. The number of alkyl halides is 3. The molecule has 6 heteroatoms. The molecule has 2 nitrogen and oxygen atoms in total. The third-order valence-electron chi connectivity index (χ3n) is 3.43. The summed E-state index contributed by atoms with van der Waals surface area (Å²) in [7, 11) is 1.42. The van der Waals surface area contributed by atoms with Crippen LogP contribution < -0.4 is 10.1 Å². The van der Waals surface area contributed by atoms with Crippen molar-refractivity contribution in [1.29, 1.82) is 0 Å². The van der Waals surface area contributed by atoms with Gasteiger partial charge in [-0.3, -0.25) is 0 Å². The van der Waals surface area contributed by atoms with Crippen molar-refractivity contribution in [2.24, 2.45) is 5.92 Å². The fraction of sp³-hybridized carbons (Fsp3) is 0.538. The van der Waals surface area contributed by atoms with E-state index in [0.717, 1.165) is 0 Å². The van der Waals surface area contributed by atoms with Crippen molar-refractivity contribution >= 4 is 0 Å². The van der Waals surface area contributed by atoms with Crippen LogP contribution in [0.4, 0.5) is 17.6 Å². The normalized spacial score (nSPS) is 24.3. The fourth-order valence-corrected chi connectivity index (χ4v) is 2.43. The average Bonchev–Trinajstić information content (AvgIpc) is 2.38. The van der Waals surface area contributed by atoms with E-state index < -0.39 is 24.0 Å². The topological polar surface area (TPSA) is 21.3 Å². The van der Waals surface area contributed by atoms with E-state index in [1.807, 2.05) is 0 Å². The Bertz CT molecular complexity index is 447. The molecule has 1 aromatic carbocycles. The van der Waals surface area contributed by atoms with E-state index in [-0.39, 0.29) is 19.4 Å². The summed E-state index contributed by atoms with van der Waals surface area (Å²) < 4.78 is 56.6. The van der Waals surface area contributed by atoms with Gasteiger partial charge in [0.15, 0.2) is 0 Å². The zero-order valence-corrected chi connectivity index (χ0v) is 10.4. The maximum Gasteiger partial charge on any atom is 0.391 e. The lowest BCUT2D eigenvalue weighted by molar-refractivity contribution is -0.183. The molecule has 106 valence electrons. The van der Waals surface area contributed by atoms with Gasteiger partial charge in [-0.15, -0.1) is 0 Å². The third kappa shape index (κ3) is 3.18. The maximum absolute atomic E-state index is 13.3. The lowest BCUT2D eigenvalue weighted by Gasteiger charge is -2.32. The molecule has 2 unspecified atom stereocenters. The first-order valence-electron chi connectivity index (χ1n) is 6.05. The van der Waals surface area contributed by atoms with Gasteiger partial charge in [0.25, 0.3) is 0 Å². The number of halogens is 4. The second-order valence-electron chi connectivity index (χ2n) is 4.66. The highest BCUT2D eigenvalue weighted by atomic mass is 19.4. The minimum Gasteiger partial charge on any atom is -0.496 e. The van der Waals surface area contributed by atoms with Crippen molar-refractivity contribution in [2.45, 2.75) is 25.1 Å². The Hall–Kier alpha value is -1.30. The van der Waals surface area contributed by atoms with E-state index in [4.69, 9.17) is 4.74 Å². The Morgan fingerprint density at radius 2 is 2.05 bits per heavy atom. The van der Waals surface area contributed by atoms with Gasteiger partial charge in [0.05, 0.1) is 13.0 Å². The highest BCUT2D eigenvalue weighted by molar-refractivity contribution is 5.36. The molecule has 0 amide bonds. The van der Waals surface area contributed by atoms with Gasteiger partial charge in [-0.1, -0.05) is 0 Å². The summed E-state index contributed by atoms with van der Waals surface area (Å²) in [6.45, 7) is 0.258. The maximum atomic E-state index is 13.3. The number of benzene rings is 1. The van der Waals surface area contributed by atoms with E-state index in [1.54, 1.807) is 0 Å². The Morgan fingerprint density at radius 3 is 2.68 bits per heavy atom. The molecule has 0 aliphatic carbocycles. The number of methoxy groups -OCH3 is 1. The smallest absolute Gasteiger partial charge is 0.391 e. The number of hydrogen-bond donors (Lipinski definition) is 1. The van der Waals surface area contributed by atoms with Crippen molar-refractivity contribution in [3.05, 3.63) is 29.6 Å². The quantitative estimate of drug-likeness (QED) is 0.836. The van der Waals surface area contributed by atoms with Crippen molar-refractivity contribution in [3.8, 4) is 5.75 Å². The first-order chi connectivity index (χ1) is 8.91. The fourth-order valence-electron chi connectivity index (χ4n) is 2.43. The lowest BCUT2D eigenvalue weighted by Crippen LogP contribution is -2.38.